The first kappa shape index (κ1) is 24.0. The van der Waals surface area contributed by atoms with E-state index in [2.05, 4.69) is 0 Å². The number of fused-ring (bicyclic) bond motifs is 2. The number of nitrogens with zero attached hydrogens (tertiary/aromatic N) is 3. The van der Waals surface area contributed by atoms with Crippen molar-refractivity contribution in [3.8, 4) is 0 Å². The summed E-state index contributed by atoms with van der Waals surface area (Å²) in [6.45, 7) is 2.90. The molecule has 9 heteroatoms. The summed E-state index contributed by atoms with van der Waals surface area (Å²) in [6.07, 6.45) is 7.84. The lowest BCUT2D eigenvalue weighted by Gasteiger charge is -2.36. The summed E-state index contributed by atoms with van der Waals surface area (Å²) in [4.78, 5) is 46.4. The SMILES string of the molecule is Cc1cccc(Cl)c1N1CC=C[C@]23O[C@H]4C=CCN(C)C(=O)[C@H]4[C@H]2C(=O)N(CCCCO)C3C1=O. The molecule has 4 heterocycles. The van der Waals surface area contributed by atoms with Gasteiger partial charge in [0.2, 0.25) is 11.8 Å². The fraction of sp³-hybridized carbons (Fsp3) is 0.500. The average molecular weight is 500 g/mol. The van der Waals surface area contributed by atoms with Crippen LogP contribution in [0.3, 0.4) is 0 Å². The Morgan fingerprint density at radius 2 is 1.91 bits per heavy atom. The molecule has 35 heavy (non-hydrogen) atoms. The highest BCUT2D eigenvalue weighted by atomic mass is 35.5. The van der Waals surface area contributed by atoms with E-state index in [-0.39, 0.29) is 37.4 Å². The summed E-state index contributed by atoms with van der Waals surface area (Å²) in [7, 11) is 1.71. The second-order valence-corrected chi connectivity index (χ2v) is 10.1. The van der Waals surface area contributed by atoms with Crippen LogP contribution in [0.4, 0.5) is 5.69 Å². The highest BCUT2D eigenvalue weighted by Crippen LogP contribution is 2.53. The predicted molar refractivity (Wildman–Crippen MR) is 131 cm³/mol. The molecule has 2 saturated heterocycles. The van der Waals surface area contributed by atoms with Gasteiger partial charge >= 0.3 is 0 Å². The van der Waals surface area contributed by atoms with Crippen LogP contribution in [0, 0.1) is 18.8 Å². The number of rotatable bonds is 5. The third-order valence-electron chi connectivity index (χ3n) is 7.63. The fourth-order valence-electron chi connectivity index (χ4n) is 6.06. The molecular weight excluding hydrogens is 470 g/mol. The van der Waals surface area contributed by atoms with Gasteiger partial charge in [0.25, 0.3) is 5.91 Å². The molecule has 1 N–H and O–H groups in total. The van der Waals surface area contributed by atoms with Gasteiger partial charge < -0.3 is 24.5 Å². The number of likely N-dealkylation sites (tertiary alicyclic amines) is 1. The second-order valence-electron chi connectivity index (χ2n) is 9.71. The number of aliphatic hydroxyl groups excluding tert-OH is 1. The van der Waals surface area contributed by atoms with Crippen molar-refractivity contribution in [1.29, 1.82) is 0 Å². The first-order chi connectivity index (χ1) is 16.8. The lowest BCUT2D eigenvalue weighted by Crippen LogP contribution is -2.55. The van der Waals surface area contributed by atoms with Gasteiger partial charge in [0.1, 0.15) is 11.6 Å². The number of unbranched alkanes of at least 4 members (excludes halogenated alkanes) is 1. The summed E-state index contributed by atoms with van der Waals surface area (Å²) in [5.74, 6) is -2.21. The van der Waals surface area contributed by atoms with Crippen LogP contribution < -0.4 is 4.90 Å². The van der Waals surface area contributed by atoms with E-state index in [1.165, 1.54) is 0 Å². The van der Waals surface area contributed by atoms with Crippen molar-refractivity contribution in [2.24, 2.45) is 11.8 Å². The van der Waals surface area contributed by atoms with E-state index in [0.29, 0.717) is 30.1 Å². The van der Waals surface area contributed by atoms with Gasteiger partial charge in [-0.3, -0.25) is 14.4 Å². The van der Waals surface area contributed by atoms with Crippen molar-refractivity contribution in [2.45, 2.75) is 37.5 Å². The number of anilines is 1. The third kappa shape index (κ3) is 3.61. The van der Waals surface area contributed by atoms with Crippen LogP contribution in [0.2, 0.25) is 5.02 Å². The zero-order valence-corrected chi connectivity index (χ0v) is 20.6. The van der Waals surface area contributed by atoms with Gasteiger partial charge in [0.15, 0.2) is 0 Å². The quantitative estimate of drug-likeness (QED) is 0.494. The molecular formula is C26H30ClN3O5. The third-order valence-corrected chi connectivity index (χ3v) is 7.93. The van der Waals surface area contributed by atoms with E-state index in [9.17, 15) is 19.5 Å². The first-order valence-electron chi connectivity index (χ1n) is 12.1. The van der Waals surface area contributed by atoms with E-state index in [0.717, 1.165) is 5.56 Å². The summed E-state index contributed by atoms with van der Waals surface area (Å²) < 4.78 is 6.57. The summed E-state index contributed by atoms with van der Waals surface area (Å²) >= 11 is 6.54. The maximum atomic E-state index is 14.3. The Balaban J connectivity index is 1.62. The lowest BCUT2D eigenvalue weighted by molar-refractivity contribution is -0.143. The van der Waals surface area contributed by atoms with Crippen molar-refractivity contribution in [3.63, 3.8) is 0 Å². The molecule has 1 unspecified atom stereocenters. The second kappa shape index (κ2) is 9.08. The summed E-state index contributed by atoms with van der Waals surface area (Å²) in [5, 5.41) is 9.76. The van der Waals surface area contributed by atoms with Gasteiger partial charge in [0, 0.05) is 33.3 Å². The number of aliphatic hydroxyl groups is 1. The number of carbonyl (C=O) groups is 3. The summed E-state index contributed by atoms with van der Waals surface area (Å²) in [6, 6.07) is 4.53. The van der Waals surface area contributed by atoms with E-state index in [1.807, 2.05) is 43.4 Å². The maximum Gasteiger partial charge on any atom is 0.253 e. The number of hydrogen-bond acceptors (Lipinski definition) is 5. The molecule has 4 aliphatic heterocycles. The number of aryl methyl sites for hydroxylation is 1. The van der Waals surface area contributed by atoms with Gasteiger partial charge in [-0.25, -0.2) is 0 Å². The molecule has 4 aliphatic rings. The van der Waals surface area contributed by atoms with Gasteiger partial charge in [-0.1, -0.05) is 48.0 Å². The van der Waals surface area contributed by atoms with Gasteiger partial charge in [-0.2, -0.15) is 0 Å². The number of likely N-dealkylation sites (N-methyl/N-ethyl adjacent to an activating group) is 1. The molecule has 3 amide bonds. The number of carbonyl (C=O) groups excluding carboxylic acids is 3. The molecule has 5 rings (SSSR count). The highest BCUT2D eigenvalue weighted by Gasteiger charge is 2.71. The molecule has 5 atom stereocenters. The van der Waals surface area contributed by atoms with Crippen molar-refractivity contribution < 1.29 is 24.2 Å². The molecule has 0 saturated carbocycles. The minimum absolute atomic E-state index is 0.00463. The molecule has 2 fully saturated rings. The normalized spacial score (nSPS) is 32.0. The van der Waals surface area contributed by atoms with Crippen molar-refractivity contribution in [3.05, 3.63) is 53.1 Å². The molecule has 1 spiro atoms. The Labute approximate surface area is 209 Å². The van der Waals surface area contributed by atoms with Gasteiger partial charge in [0.05, 0.1) is 28.6 Å². The molecule has 0 radical (unpaired) electrons. The van der Waals surface area contributed by atoms with Crippen LogP contribution in [-0.2, 0) is 19.1 Å². The highest BCUT2D eigenvalue weighted by molar-refractivity contribution is 6.34. The first-order valence-corrected chi connectivity index (χ1v) is 12.4. The molecule has 186 valence electrons. The number of benzene rings is 1. The lowest BCUT2D eigenvalue weighted by atomic mass is 9.77. The van der Waals surface area contributed by atoms with Crippen molar-refractivity contribution >= 4 is 35.0 Å². The van der Waals surface area contributed by atoms with E-state index in [4.69, 9.17) is 16.3 Å². The van der Waals surface area contributed by atoms with Crippen LogP contribution in [0.25, 0.3) is 0 Å². The Bertz CT molecular complexity index is 1100. The van der Waals surface area contributed by atoms with E-state index in [1.54, 1.807) is 27.8 Å². The number of hydrogen-bond donors (Lipinski definition) is 1. The number of ether oxygens (including phenoxy) is 1. The smallest absolute Gasteiger partial charge is 0.253 e. The average Bonchev–Trinajstić information content (AvgIpc) is 3.14. The topological polar surface area (TPSA) is 90.4 Å². The van der Waals surface area contributed by atoms with Gasteiger partial charge in [-0.15, -0.1) is 0 Å². The Morgan fingerprint density at radius 3 is 2.66 bits per heavy atom. The molecule has 0 aromatic heterocycles. The standard InChI is InChI=1S/C26H30ClN3O5/c1-16-8-5-9-17(27)21(16)29-14-7-11-26-20(19-18(35-26)10-6-12-28(2)23(19)32)24(33)30(13-3-4-15-31)22(26)25(29)34/h5-11,18-20,22,31H,3-4,12-15H2,1-2H3/t18-,19+,20-,22?,26-/m0/s1. The zero-order chi connectivity index (χ0) is 24.9. The predicted octanol–water partition coefficient (Wildman–Crippen LogP) is 1.93. The van der Waals surface area contributed by atoms with Crippen molar-refractivity contribution in [2.75, 3.05) is 38.2 Å². The van der Waals surface area contributed by atoms with Crippen LogP contribution in [0.5, 0.6) is 0 Å². The molecule has 0 aliphatic carbocycles. The van der Waals surface area contributed by atoms with Gasteiger partial charge in [-0.05, 0) is 31.4 Å². The van der Waals surface area contributed by atoms with Crippen LogP contribution >= 0.6 is 11.6 Å². The van der Waals surface area contributed by atoms with Crippen LogP contribution in [0.15, 0.2) is 42.5 Å². The Hall–Kier alpha value is -2.68. The number of halogens is 1. The molecule has 0 bridgehead atoms. The number of amides is 3. The summed E-state index contributed by atoms with van der Waals surface area (Å²) in [5.41, 5.74) is 0.195. The monoisotopic (exact) mass is 499 g/mol. The van der Waals surface area contributed by atoms with Crippen LogP contribution in [0.1, 0.15) is 18.4 Å². The maximum absolute atomic E-state index is 14.3. The largest absolute Gasteiger partial charge is 0.396 e. The minimum Gasteiger partial charge on any atom is -0.396 e. The zero-order valence-electron chi connectivity index (χ0n) is 19.9. The Morgan fingerprint density at radius 1 is 1.11 bits per heavy atom. The van der Waals surface area contributed by atoms with E-state index >= 15 is 0 Å². The number of para-hydroxylation sites is 1. The fourth-order valence-corrected chi connectivity index (χ4v) is 6.39. The van der Waals surface area contributed by atoms with Crippen molar-refractivity contribution in [1.82, 2.24) is 9.80 Å². The molecule has 1 aromatic rings. The molecule has 1 aromatic carbocycles. The Kier molecular flexibility index (Phi) is 6.23. The minimum atomic E-state index is -1.26. The van der Waals surface area contributed by atoms with Crippen LogP contribution in [-0.4, -0.2) is 83.7 Å². The molecule has 8 nitrogen and oxygen atoms in total. The van der Waals surface area contributed by atoms with E-state index < -0.39 is 29.6 Å².